The quantitative estimate of drug-likeness (QED) is 0.00934. The van der Waals surface area contributed by atoms with Crippen molar-refractivity contribution in [3.63, 3.8) is 0 Å². The fourth-order valence-electron chi connectivity index (χ4n) is 12.1. The molecule has 2 unspecified atom stereocenters. The van der Waals surface area contributed by atoms with Gasteiger partial charge < -0.3 is 99.4 Å². The minimum atomic E-state index is -2.08. The van der Waals surface area contributed by atoms with Crippen molar-refractivity contribution in [1.82, 2.24) is 51.7 Å². The van der Waals surface area contributed by atoms with E-state index in [1.807, 2.05) is 0 Å². The third-order valence-corrected chi connectivity index (χ3v) is 17.8. The Balaban J connectivity index is 0.712. The fourth-order valence-corrected chi connectivity index (χ4v) is 12.1. The molecule has 34 heteroatoms. The van der Waals surface area contributed by atoms with E-state index in [2.05, 4.69) is 37.2 Å². The third-order valence-electron chi connectivity index (χ3n) is 17.8. The lowest BCUT2D eigenvalue weighted by atomic mass is 9.81. The number of aliphatic hydroxyl groups is 2. The van der Waals surface area contributed by atoms with Gasteiger partial charge in [0.05, 0.1) is 160 Å². The lowest BCUT2D eigenvalue weighted by Gasteiger charge is -2.31. The molecule has 2 aromatic carbocycles. The molecule has 2 aromatic heterocycles. The van der Waals surface area contributed by atoms with Gasteiger partial charge in [0, 0.05) is 67.8 Å². The molecule has 0 saturated carbocycles. The molecule has 33 nitrogen and oxygen atoms in total. The number of esters is 1. The lowest BCUT2D eigenvalue weighted by molar-refractivity contribution is -0.172. The normalized spacial score (nSPS) is 17.3. The highest BCUT2D eigenvalue weighted by atomic mass is 19.1. The first-order chi connectivity index (χ1) is 50.1. The SMILES string of the molecule is CC[C@@]1(O)C(=O)OCc2c1cc1n(c2=O)Cc2c-1nc1cc(F)c(C)c3c1c2[C@@H](NC(=O)[C@H](O)CCOCNC(=O)CNC(=O)[C@H](Cc1ccccc1)NC(=O)CNC(=O)CNC(=O)C(CNC(=O)CCOCCOCCOCCOCCOCCOCCOCCOC)N1C(=O)CC(C)C1=O)CC3. The van der Waals surface area contributed by atoms with E-state index in [0.717, 1.165) is 4.90 Å². The summed E-state index contributed by atoms with van der Waals surface area (Å²) in [6.07, 6.45) is -1.60. The van der Waals surface area contributed by atoms with Gasteiger partial charge in [0.1, 0.15) is 37.3 Å². The number of amides is 9. The van der Waals surface area contributed by atoms with E-state index in [4.69, 9.17) is 52.4 Å². The number of imide groups is 1. The fraction of sp³-hybridized carbons (Fsp3) is 0.571. The zero-order valence-corrected chi connectivity index (χ0v) is 58.8. The molecule has 8 rings (SSSR count). The summed E-state index contributed by atoms with van der Waals surface area (Å²) >= 11 is 0. The van der Waals surface area contributed by atoms with Crippen molar-refractivity contribution in [1.29, 1.82) is 0 Å². The number of methoxy groups -OCH3 is 1. The van der Waals surface area contributed by atoms with Crippen molar-refractivity contribution < 1.29 is 110 Å². The number of carbonyl (C=O) groups is 10. The van der Waals surface area contributed by atoms with Crippen molar-refractivity contribution in [2.75, 3.05) is 146 Å². The average Bonchev–Trinajstić information content (AvgIpc) is 1.51. The largest absolute Gasteiger partial charge is 0.458 e. The van der Waals surface area contributed by atoms with Crippen molar-refractivity contribution >= 4 is 70.0 Å². The molecule has 0 spiro atoms. The van der Waals surface area contributed by atoms with E-state index < -0.39 is 139 Å². The number of hydrogen-bond acceptors (Lipinski definition) is 24. The third kappa shape index (κ3) is 22.1. The van der Waals surface area contributed by atoms with E-state index in [0.29, 0.717) is 137 Å². The van der Waals surface area contributed by atoms with Crippen molar-refractivity contribution in [3.05, 3.63) is 97.6 Å². The van der Waals surface area contributed by atoms with Crippen LogP contribution in [0, 0.1) is 18.7 Å². The summed E-state index contributed by atoms with van der Waals surface area (Å²) < 4.78 is 70.6. The predicted molar refractivity (Wildman–Crippen MR) is 364 cm³/mol. The Morgan fingerprint density at radius 3 is 1.90 bits per heavy atom. The van der Waals surface area contributed by atoms with Crippen LogP contribution in [0.15, 0.2) is 47.3 Å². The van der Waals surface area contributed by atoms with Gasteiger partial charge in [-0.15, -0.1) is 0 Å². The molecule has 4 aliphatic rings. The minimum absolute atomic E-state index is 0.00710. The summed E-state index contributed by atoms with van der Waals surface area (Å²) in [5.74, 6) is -8.87. The maximum Gasteiger partial charge on any atom is 0.343 e. The first-order valence-corrected chi connectivity index (χ1v) is 34.6. The number of nitrogens with zero attached hydrogens (tertiary/aromatic N) is 3. The number of ether oxygens (including phenoxy) is 10. The number of halogens is 1. The van der Waals surface area contributed by atoms with Gasteiger partial charge in [-0.3, -0.25) is 52.8 Å². The number of carbonyl (C=O) groups excluding carboxylic acids is 10. The molecule has 104 heavy (non-hydrogen) atoms. The number of benzene rings is 2. The standard InChI is InChI=1S/C70H93FN10O23/c1-5-70(94)48-33-53-63-46(39-80(53)68(92)47(48)40-104-69(70)93)62-50(12-11-45-43(3)49(71)34-51(78-63)61(45)62)79-66(90)55(82)13-15-103-41-76-58(85)37-74-64(88)52(32-44-9-7-6-8-10-44)77-59(86)38-73-57(84)36-75-65(89)54(81-60(87)31-42(2)67(81)91)35-72-56(83)14-16-96-19-20-98-23-24-100-27-28-102-30-29-101-26-25-99-22-21-97-18-17-95-4/h6-10,33-34,42,50,52,54-55,82,94H,5,11-32,35-41H2,1-4H3,(H,72,83)(H,73,84)(H,74,88)(H,75,89)(H,76,85)(H,77,86)(H,79,90)/t42?,50-,52-,54?,55+,70-/m0/s1. The molecule has 6 atom stereocenters. The van der Waals surface area contributed by atoms with Gasteiger partial charge in [0.2, 0.25) is 53.2 Å². The molecule has 5 heterocycles. The summed E-state index contributed by atoms with van der Waals surface area (Å²) in [5, 5.41) is 40.7. The van der Waals surface area contributed by atoms with Gasteiger partial charge in [-0.25, -0.2) is 14.2 Å². The second-order valence-electron chi connectivity index (χ2n) is 24.9. The Kier molecular flexibility index (Phi) is 31.5. The van der Waals surface area contributed by atoms with Gasteiger partial charge in [0.25, 0.3) is 5.56 Å². The van der Waals surface area contributed by atoms with Crippen LogP contribution in [-0.4, -0.2) is 248 Å². The van der Waals surface area contributed by atoms with Crippen LogP contribution in [0.25, 0.3) is 22.3 Å². The smallest absolute Gasteiger partial charge is 0.343 e. The summed E-state index contributed by atoms with van der Waals surface area (Å²) in [6, 6.07) is 7.88. The minimum Gasteiger partial charge on any atom is -0.458 e. The van der Waals surface area contributed by atoms with E-state index in [-0.39, 0.29) is 88.3 Å². The van der Waals surface area contributed by atoms with Gasteiger partial charge in [-0.1, -0.05) is 44.2 Å². The number of aromatic nitrogens is 2. The van der Waals surface area contributed by atoms with Gasteiger partial charge in [-0.05, 0) is 54.5 Å². The number of likely N-dealkylation sites (tertiary alicyclic amines) is 1. The van der Waals surface area contributed by atoms with Crippen LogP contribution in [-0.2, 0) is 127 Å². The monoisotopic (exact) mass is 1460 g/mol. The zero-order chi connectivity index (χ0) is 74.7. The number of aryl methyl sites for hydroxylation is 1. The maximum atomic E-state index is 15.5. The van der Waals surface area contributed by atoms with E-state index in [1.165, 1.54) is 17.6 Å². The van der Waals surface area contributed by atoms with Crippen LogP contribution in [0.5, 0.6) is 0 Å². The number of hydrogen-bond donors (Lipinski definition) is 9. The molecule has 0 radical (unpaired) electrons. The number of cyclic esters (lactones) is 1. The first kappa shape index (κ1) is 80.9. The van der Waals surface area contributed by atoms with Crippen molar-refractivity contribution in [2.45, 2.75) is 109 Å². The highest BCUT2D eigenvalue weighted by Gasteiger charge is 2.47. The average molecular weight is 1460 g/mol. The molecule has 9 amide bonds. The maximum absolute atomic E-state index is 15.5. The van der Waals surface area contributed by atoms with Gasteiger partial charge in [-0.2, -0.15) is 0 Å². The summed E-state index contributed by atoms with van der Waals surface area (Å²) in [6.45, 7) is 6.84. The van der Waals surface area contributed by atoms with Crippen LogP contribution >= 0.6 is 0 Å². The molecule has 3 aliphatic heterocycles. The number of rotatable bonds is 46. The van der Waals surface area contributed by atoms with E-state index in [1.54, 1.807) is 57.4 Å². The second-order valence-corrected chi connectivity index (χ2v) is 24.9. The topological polar surface area (TPSA) is 426 Å². The Bertz CT molecular complexity index is 3750. The van der Waals surface area contributed by atoms with Crippen LogP contribution in [0.4, 0.5) is 4.39 Å². The van der Waals surface area contributed by atoms with Crippen LogP contribution in [0.1, 0.15) is 90.9 Å². The Morgan fingerprint density at radius 1 is 0.702 bits per heavy atom. The molecular formula is C70H93FN10O23. The van der Waals surface area contributed by atoms with Crippen molar-refractivity contribution in [3.8, 4) is 11.4 Å². The van der Waals surface area contributed by atoms with Crippen molar-refractivity contribution in [2.24, 2.45) is 5.92 Å². The molecular weight excluding hydrogens is 1370 g/mol. The second kappa shape index (κ2) is 40.5. The molecule has 1 fully saturated rings. The van der Waals surface area contributed by atoms with E-state index in [9.17, 15) is 63.0 Å². The first-order valence-electron chi connectivity index (χ1n) is 34.6. The summed E-state index contributed by atoms with van der Waals surface area (Å²) in [5.41, 5.74) is 1.38. The molecule has 1 saturated heterocycles. The van der Waals surface area contributed by atoms with Crippen LogP contribution < -0.4 is 42.8 Å². The Labute approximate surface area is 598 Å². The number of aliphatic hydroxyl groups excluding tert-OH is 1. The predicted octanol–water partition coefficient (Wildman–Crippen LogP) is -1.42. The highest BCUT2D eigenvalue weighted by molar-refractivity contribution is 6.07. The molecule has 1 aliphatic carbocycles. The summed E-state index contributed by atoms with van der Waals surface area (Å²) in [4.78, 5) is 151. The Morgan fingerprint density at radius 2 is 1.30 bits per heavy atom. The molecule has 4 aromatic rings. The number of pyridine rings is 2. The van der Waals surface area contributed by atoms with E-state index >= 15 is 4.39 Å². The highest BCUT2D eigenvalue weighted by Crippen LogP contribution is 2.46. The molecule has 568 valence electrons. The number of nitrogens with one attached hydrogen (secondary N) is 7. The van der Waals surface area contributed by atoms with Crippen LogP contribution in [0.3, 0.4) is 0 Å². The molecule has 9 N–H and O–H groups in total. The lowest BCUT2D eigenvalue weighted by Crippen LogP contribution is -2.56. The zero-order valence-electron chi connectivity index (χ0n) is 58.8. The summed E-state index contributed by atoms with van der Waals surface area (Å²) in [7, 11) is 1.61. The van der Waals surface area contributed by atoms with Crippen LogP contribution in [0.2, 0.25) is 0 Å². The van der Waals surface area contributed by atoms with Gasteiger partial charge in [0.15, 0.2) is 5.60 Å². The Hall–Kier alpha value is -8.81. The molecule has 0 bridgehead atoms. The van der Waals surface area contributed by atoms with Gasteiger partial charge >= 0.3 is 5.97 Å². The number of fused-ring (bicyclic) bond motifs is 5.